The average Bonchev–Trinajstić information content (AvgIpc) is 3.38. The molecule has 0 aliphatic carbocycles. The molecule has 0 aromatic rings. The standard InChI is InChI=1S/C67H114O5/c1-4-7-10-13-16-19-22-25-28-31-33-35-38-41-44-47-50-53-56-59-62-70-63-65(72-67(69)61-58-55-52-49-46-43-40-36-30-27-24-21-18-15-12-9-6-3)64-71-66(68)60-57-54-51-48-45-42-39-37-34-32-29-26-23-20-17-14-11-8-5-2/h9,12,17-18,20-21,25-30,34,37,40,43,49,52,65H,4-8,10-11,13-16,19,22-24,31-33,35-36,38-39,41-42,44-48,50-51,53-64H2,1-3H3/b12-9-,20-17-,21-18-,28-25-,29-26-,30-27-,37-34-,43-40-,52-49-. The van der Waals surface area contributed by atoms with Crippen molar-refractivity contribution in [3.8, 4) is 0 Å². The molecule has 0 aliphatic heterocycles. The first-order valence-corrected chi connectivity index (χ1v) is 30.4. The molecular weight excluding hydrogens is 885 g/mol. The van der Waals surface area contributed by atoms with Crippen LogP contribution in [0, 0.1) is 0 Å². The minimum Gasteiger partial charge on any atom is -0.462 e. The highest BCUT2D eigenvalue weighted by molar-refractivity contribution is 5.70. The normalized spacial score (nSPS) is 13.0. The van der Waals surface area contributed by atoms with Gasteiger partial charge in [0.15, 0.2) is 6.10 Å². The molecule has 0 radical (unpaired) electrons. The summed E-state index contributed by atoms with van der Waals surface area (Å²) in [5, 5.41) is 0. The third-order valence-electron chi connectivity index (χ3n) is 12.8. The maximum Gasteiger partial charge on any atom is 0.306 e. The molecule has 0 bridgehead atoms. The maximum absolute atomic E-state index is 12.9. The van der Waals surface area contributed by atoms with E-state index in [2.05, 4.69) is 130 Å². The Kier molecular flexibility index (Phi) is 58.9. The SMILES string of the molecule is CC/C=C\C/C=C\C/C=C\C/C=C\C/C=C\CCCC(=O)OC(COCCCCCCCCCCCC/C=C\CCCCCCCC)COC(=O)CCCCCCCC/C=C\C/C=C\C/C=C\CCCCC. The summed E-state index contributed by atoms with van der Waals surface area (Å²) < 4.78 is 17.5. The fourth-order valence-electron chi connectivity index (χ4n) is 8.25. The Balaban J connectivity index is 4.39. The van der Waals surface area contributed by atoms with E-state index in [-0.39, 0.29) is 25.2 Å². The van der Waals surface area contributed by atoms with Gasteiger partial charge in [0.1, 0.15) is 6.61 Å². The van der Waals surface area contributed by atoms with E-state index in [9.17, 15) is 9.59 Å². The van der Waals surface area contributed by atoms with Crippen LogP contribution >= 0.6 is 0 Å². The zero-order chi connectivity index (χ0) is 52.0. The van der Waals surface area contributed by atoms with Gasteiger partial charge in [-0.3, -0.25) is 9.59 Å². The Labute approximate surface area is 446 Å². The van der Waals surface area contributed by atoms with Crippen LogP contribution < -0.4 is 0 Å². The van der Waals surface area contributed by atoms with Crippen molar-refractivity contribution in [2.75, 3.05) is 19.8 Å². The molecule has 0 aromatic heterocycles. The highest BCUT2D eigenvalue weighted by Crippen LogP contribution is 2.14. The van der Waals surface area contributed by atoms with Crippen molar-refractivity contribution in [2.24, 2.45) is 0 Å². The Morgan fingerprint density at radius 1 is 0.319 bits per heavy atom. The molecule has 0 N–H and O–H groups in total. The Morgan fingerprint density at radius 3 is 1.08 bits per heavy atom. The highest BCUT2D eigenvalue weighted by Gasteiger charge is 2.17. The van der Waals surface area contributed by atoms with E-state index in [0.717, 1.165) is 96.3 Å². The fourth-order valence-corrected chi connectivity index (χ4v) is 8.25. The number of carbonyl (C=O) groups is 2. The van der Waals surface area contributed by atoms with Crippen LogP contribution in [0.15, 0.2) is 109 Å². The van der Waals surface area contributed by atoms with Crippen LogP contribution in [0.2, 0.25) is 0 Å². The minimum atomic E-state index is -0.580. The monoisotopic (exact) mass is 999 g/mol. The van der Waals surface area contributed by atoms with E-state index in [1.54, 1.807) is 0 Å². The van der Waals surface area contributed by atoms with E-state index in [0.29, 0.717) is 19.4 Å². The average molecular weight is 1000 g/mol. The lowest BCUT2D eigenvalue weighted by Crippen LogP contribution is -2.30. The maximum atomic E-state index is 12.9. The topological polar surface area (TPSA) is 61.8 Å². The van der Waals surface area contributed by atoms with E-state index in [1.165, 1.54) is 148 Å². The lowest BCUT2D eigenvalue weighted by Gasteiger charge is -2.18. The molecule has 5 heteroatoms. The number of unbranched alkanes of at least 4 members (excludes halogenated alkanes) is 26. The summed E-state index contributed by atoms with van der Waals surface area (Å²) in [5.74, 6) is -0.478. The third kappa shape index (κ3) is 59.1. The smallest absolute Gasteiger partial charge is 0.306 e. The summed E-state index contributed by atoms with van der Waals surface area (Å²) in [5.41, 5.74) is 0. The summed E-state index contributed by atoms with van der Waals surface area (Å²) in [7, 11) is 0. The lowest BCUT2D eigenvalue weighted by molar-refractivity contribution is -0.162. The summed E-state index contributed by atoms with van der Waals surface area (Å²) in [4.78, 5) is 25.6. The van der Waals surface area contributed by atoms with Gasteiger partial charge >= 0.3 is 11.9 Å². The van der Waals surface area contributed by atoms with Gasteiger partial charge < -0.3 is 14.2 Å². The second-order valence-corrected chi connectivity index (χ2v) is 19.9. The van der Waals surface area contributed by atoms with Crippen molar-refractivity contribution in [3.05, 3.63) is 109 Å². The minimum absolute atomic E-state index is 0.0504. The molecule has 0 aliphatic rings. The molecule has 0 saturated carbocycles. The molecule has 1 unspecified atom stereocenters. The number of rotatable bonds is 55. The van der Waals surface area contributed by atoms with Gasteiger partial charge in [0.05, 0.1) is 6.61 Å². The van der Waals surface area contributed by atoms with Crippen LogP contribution in [-0.4, -0.2) is 37.9 Å². The van der Waals surface area contributed by atoms with E-state index in [4.69, 9.17) is 14.2 Å². The predicted octanol–water partition coefficient (Wildman–Crippen LogP) is 21.1. The second-order valence-electron chi connectivity index (χ2n) is 19.9. The fraction of sp³-hybridized carbons (Fsp3) is 0.701. The molecule has 1 atom stereocenters. The summed E-state index contributed by atoms with van der Waals surface area (Å²) in [6.07, 6.45) is 85.5. The summed E-state index contributed by atoms with van der Waals surface area (Å²) >= 11 is 0. The Bertz CT molecular complexity index is 1410. The van der Waals surface area contributed by atoms with Gasteiger partial charge in [-0.05, 0) is 122 Å². The first-order chi connectivity index (χ1) is 35.6. The van der Waals surface area contributed by atoms with E-state index in [1.807, 2.05) is 0 Å². The van der Waals surface area contributed by atoms with Crippen molar-refractivity contribution in [2.45, 2.75) is 284 Å². The molecule has 0 aromatic carbocycles. The van der Waals surface area contributed by atoms with Gasteiger partial charge in [-0.1, -0.05) is 252 Å². The van der Waals surface area contributed by atoms with Crippen LogP contribution in [0.5, 0.6) is 0 Å². The van der Waals surface area contributed by atoms with Gasteiger partial charge in [-0.2, -0.15) is 0 Å². The number of hydrogen-bond donors (Lipinski definition) is 0. The van der Waals surface area contributed by atoms with Crippen LogP contribution in [0.1, 0.15) is 278 Å². The molecule has 412 valence electrons. The second kappa shape index (κ2) is 61.9. The summed E-state index contributed by atoms with van der Waals surface area (Å²) in [6.45, 7) is 7.62. The lowest BCUT2D eigenvalue weighted by atomic mass is 10.1. The van der Waals surface area contributed by atoms with Gasteiger partial charge in [-0.25, -0.2) is 0 Å². The molecule has 0 spiro atoms. The van der Waals surface area contributed by atoms with Gasteiger partial charge in [0.25, 0.3) is 0 Å². The zero-order valence-electron chi connectivity index (χ0n) is 47.4. The van der Waals surface area contributed by atoms with Gasteiger partial charge in [0.2, 0.25) is 0 Å². The zero-order valence-corrected chi connectivity index (χ0v) is 47.4. The summed E-state index contributed by atoms with van der Waals surface area (Å²) in [6, 6.07) is 0. The number of esters is 2. The van der Waals surface area contributed by atoms with E-state index >= 15 is 0 Å². The van der Waals surface area contributed by atoms with Crippen LogP contribution in [0.3, 0.4) is 0 Å². The quantitative estimate of drug-likeness (QED) is 0.0345. The van der Waals surface area contributed by atoms with E-state index < -0.39 is 6.10 Å². The number of allylic oxidation sites excluding steroid dienone is 18. The first-order valence-electron chi connectivity index (χ1n) is 30.4. The first kappa shape index (κ1) is 68.6. The molecular formula is C67H114O5. The van der Waals surface area contributed by atoms with Crippen LogP contribution in [0.4, 0.5) is 0 Å². The molecule has 5 nitrogen and oxygen atoms in total. The molecule has 72 heavy (non-hydrogen) atoms. The Morgan fingerprint density at radius 2 is 0.639 bits per heavy atom. The van der Waals surface area contributed by atoms with Crippen LogP contribution in [0.25, 0.3) is 0 Å². The highest BCUT2D eigenvalue weighted by atomic mass is 16.6. The van der Waals surface area contributed by atoms with Crippen molar-refractivity contribution in [1.29, 1.82) is 0 Å². The molecule has 0 saturated heterocycles. The van der Waals surface area contributed by atoms with Gasteiger partial charge in [-0.15, -0.1) is 0 Å². The van der Waals surface area contributed by atoms with Crippen molar-refractivity contribution < 1.29 is 23.8 Å². The Hall–Kier alpha value is -3.44. The molecule has 0 amide bonds. The third-order valence-corrected chi connectivity index (χ3v) is 12.8. The van der Waals surface area contributed by atoms with Crippen molar-refractivity contribution >= 4 is 11.9 Å². The van der Waals surface area contributed by atoms with Crippen molar-refractivity contribution in [1.82, 2.24) is 0 Å². The molecule has 0 fully saturated rings. The molecule has 0 heterocycles. The van der Waals surface area contributed by atoms with Gasteiger partial charge in [0, 0.05) is 19.4 Å². The molecule has 0 rings (SSSR count). The number of hydrogen-bond acceptors (Lipinski definition) is 5. The number of ether oxygens (including phenoxy) is 3. The van der Waals surface area contributed by atoms with Crippen molar-refractivity contribution in [3.63, 3.8) is 0 Å². The number of carbonyl (C=O) groups excluding carboxylic acids is 2. The predicted molar refractivity (Wildman–Crippen MR) is 316 cm³/mol. The van der Waals surface area contributed by atoms with Crippen LogP contribution in [-0.2, 0) is 23.8 Å². The largest absolute Gasteiger partial charge is 0.462 e.